The molecule has 4 aliphatic rings. The smallest absolute Gasteiger partial charge is 0.155 e. The van der Waals surface area contributed by atoms with Gasteiger partial charge in [0.1, 0.15) is 5.78 Å². The molecule has 0 bridgehead atoms. The molecule has 2 saturated carbocycles. The average molecular weight is 377 g/mol. The highest BCUT2D eigenvalue weighted by molar-refractivity contribution is 8.76. The SMILES string of the molecule is CSSCC[C@]12CCC(=O)C=C1CC[C@@H]1C2=CC[C@]2(C)C(=O)CC[C@@H]12. The van der Waals surface area contributed by atoms with Crippen molar-refractivity contribution in [1.82, 2.24) is 0 Å². The second kappa shape index (κ2) is 6.60. The maximum absolute atomic E-state index is 12.5. The summed E-state index contributed by atoms with van der Waals surface area (Å²) in [6, 6.07) is 0. The van der Waals surface area contributed by atoms with E-state index in [1.54, 1.807) is 5.57 Å². The molecule has 0 unspecified atom stereocenters. The highest BCUT2D eigenvalue weighted by Crippen LogP contribution is 2.63. The number of ketones is 2. The first-order valence-electron chi connectivity index (χ1n) is 9.64. The summed E-state index contributed by atoms with van der Waals surface area (Å²) in [4.78, 5) is 24.6. The fourth-order valence-electron chi connectivity index (χ4n) is 6.19. The van der Waals surface area contributed by atoms with Gasteiger partial charge in [-0.05, 0) is 62.7 Å². The van der Waals surface area contributed by atoms with Crippen molar-refractivity contribution in [3.63, 3.8) is 0 Å². The van der Waals surface area contributed by atoms with E-state index in [1.807, 2.05) is 27.7 Å². The van der Waals surface area contributed by atoms with Gasteiger partial charge in [-0.1, -0.05) is 45.7 Å². The summed E-state index contributed by atoms with van der Waals surface area (Å²) >= 11 is 0. The van der Waals surface area contributed by atoms with Crippen molar-refractivity contribution in [3.8, 4) is 0 Å². The summed E-state index contributed by atoms with van der Waals surface area (Å²) in [6.45, 7) is 2.21. The molecule has 136 valence electrons. The predicted molar refractivity (Wildman–Crippen MR) is 107 cm³/mol. The largest absolute Gasteiger partial charge is 0.299 e. The molecule has 25 heavy (non-hydrogen) atoms. The van der Waals surface area contributed by atoms with Crippen LogP contribution in [0.5, 0.6) is 0 Å². The van der Waals surface area contributed by atoms with Crippen molar-refractivity contribution < 1.29 is 9.59 Å². The minimum Gasteiger partial charge on any atom is -0.299 e. The number of rotatable bonds is 4. The number of hydrogen-bond acceptors (Lipinski definition) is 4. The molecule has 4 heteroatoms. The normalized spacial score (nSPS) is 40.1. The second-order valence-electron chi connectivity index (χ2n) is 8.45. The monoisotopic (exact) mass is 376 g/mol. The molecule has 0 radical (unpaired) electrons. The van der Waals surface area contributed by atoms with Gasteiger partial charge in [0.05, 0.1) is 0 Å². The standard InChI is InChI=1S/C21H28O2S2/c1-20-9-8-18-16(17(20)5-6-19(20)23)4-3-14-13-15(22)7-10-21(14,18)11-12-25-24-2/h8,13,16-17H,3-7,9-12H2,1-2H3/t16-,17-,20-,21+/m0/s1. The Morgan fingerprint density at radius 3 is 2.84 bits per heavy atom. The van der Waals surface area contributed by atoms with Gasteiger partial charge < -0.3 is 0 Å². The third-order valence-electron chi connectivity index (χ3n) is 7.52. The van der Waals surface area contributed by atoms with E-state index in [0.717, 1.165) is 50.7 Å². The van der Waals surface area contributed by atoms with Gasteiger partial charge >= 0.3 is 0 Å². The van der Waals surface area contributed by atoms with Crippen LogP contribution < -0.4 is 0 Å². The molecule has 0 N–H and O–H groups in total. The Kier molecular flexibility index (Phi) is 4.73. The third kappa shape index (κ3) is 2.70. The number of carbonyl (C=O) groups excluding carboxylic acids is 2. The van der Waals surface area contributed by atoms with E-state index < -0.39 is 0 Å². The van der Waals surface area contributed by atoms with Crippen molar-refractivity contribution in [2.75, 3.05) is 12.0 Å². The van der Waals surface area contributed by atoms with Gasteiger partial charge in [0.25, 0.3) is 0 Å². The first kappa shape index (κ1) is 17.9. The minimum absolute atomic E-state index is 0.116. The van der Waals surface area contributed by atoms with Crippen LogP contribution in [-0.2, 0) is 9.59 Å². The van der Waals surface area contributed by atoms with Crippen LogP contribution in [0, 0.1) is 22.7 Å². The third-order valence-corrected chi connectivity index (χ3v) is 9.34. The molecule has 4 atom stereocenters. The highest BCUT2D eigenvalue weighted by atomic mass is 33.1. The van der Waals surface area contributed by atoms with Gasteiger partial charge in [-0.2, -0.15) is 0 Å². The zero-order chi connectivity index (χ0) is 17.7. The molecule has 4 rings (SSSR count). The van der Waals surface area contributed by atoms with Crippen LogP contribution in [0.2, 0.25) is 0 Å². The van der Waals surface area contributed by atoms with Gasteiger partial charge in [0.2, 0.25) is 0 Å². The molecule has 4 aliphatic carbocycles. The molecule has 0 aromatic heterocycles. The van der Waals surface area contributed by atoms with E-state index in [1.165, 1.54) is 5.57 Å². The van der Waals surface area contributed by atoms with Crippen molar-refractivity contribution in [2.24, 2.45) is 22.7 Å². The lowest BCUT2D eigenvalue weighted by atomic mass is 9.50. The zero-order valence-electron chi connectivity index (χ0n) is 15.3. The Balaban J connectivity index is 1.73. The quantitative estimate of drug-likeness (QED) is 0.374. The topological polar surface area (TPSA) is 34.1 Å². The average Bonchev–Trinajstić information content (AvgIpc) is 2.91. The molecule has 0 aromatic rings. The molecule has 0 spiro atoms. The van der Waals surface area contributed by atoms with Gasteiger partial charge in [0.15, 0.2) is 5.78 Å². The van der Waals surface area contributed by atoms with Gasteiger partial charge in [0, 0.05) is 29.4 Å². The van der Waals surface area contributed by atoms with Crippen LogP contribution in [0.15, 0.2) is 23.3 Å². The summed E-state index contributed by atoms with van der Waals surface area (Å²) in [6.07, 6.45) is 14.4. The Morgan fingerprint density at radius 1 is 1.20 bits per heavy atom. The summed E-state index contributed by atoms with van der Waals surface area (Å²) < 4.78 is 0. The second-order valence-corrected chi connectivity index (χ2v) is 11.1. The van der Waals surface area contributed by atoms with Crippen LogP contribution in [0.3, 0.4) is 0 Å². The number of Topliss-reactive ketones (excluding diaryl/α,β-unsaturated/α-hetero) is 1. The van der Waals surface area contributed by atoms with Crippen molar-refractivity contribution in [2.45, 2.75) is 58.3 Å². The van der Waals surface area contributed by atoms with E-state index >= 15 is 0 Å². The maximum Gasteiger partial charge on any atom is 0.155 e. The molecule has 0 aliphatic heterocycles. The Hall–Kier alpha value is -0.480. The zero-order valence-corrected chi connectivity index (χ0v) is 16.9. The fraction of sp³-hybridized carbons (Fsp3) is 0.714. The molecule has 0 amide bonds. The van der Waals surface area contributed by atoms with Crippen molar-refractivity contribution in [3.05, 3.63) is 23.3 Å². The van der Waals surface area contributed by atoms with Crippen LogP contribution in [0.25, 0.3) is 0 Å². The molecule has 2 fully saturated rings. The van der Waals surface area contributed by atoms with Crippen LogP contribution in [0.4, 0.5) is 0 Å². The lowest BCUT2D eigenvalue weighted by Gasteiger charge is -2.53. The minimum atomic E-state index is -0.116. The number of allylic oxidation sites excluding steroid dienone is 4. The number of fused-ring (bicyclic) bond motifs is 5. The van der Waals surface area contributed by atoms with E-state index in [2.05, 4.69) is 19.3 Å². The van der Waals surface area contributed by atoms with Crippen molar-refractivity contribution in [1.29, 1.82) is 0 Å². The molecule has 2 nitrogen and oxygen atoms in total. The fourth-order valence-corrected chi connectivity index (χ4v) is 7.54. The predicted octanol–water partition coefficient (Wildman–Crippen LogP) is 5.39. The first-order chi connectivity index (χ1) is 12.0. The summed E-state index contributed by atoms with van der Waals surface area (Å²) in [5.74, 6) is 3.04. The Morgan fingerprint density at radius 2 is 2.04 bits per heavy atom. The van der Waals surface area contributed by atoms with Gasteiger partial charge in [-0.15, -0.1) is 0 Å². The Labute approximate surface area is 159 Å². The molecule has 0 aromatic carbocycles. The molecular formula is C21H28O2S2. The van der Waals surface area contributed by atoms with E-state index in [0.29, 0.717) is 29.8 Å². The van der Waals surface area contributed by atoms with Gasteiger partial charge in [-0.25, -0.2) is 0 Å². The molecule has 0 heterocycles. The maximum atomic E-state index is 12.5. The van der Waals surface area contributed by atoms with Crippen LogP contribution >= 0.6 is 21.6 Å². The summed E-state index contributed by atoms with van der Waals surface area (Å²) in [5.41, 5.74) is 3.01. The van der Waals surface area contributed by atoms with Gasteiger partial charge in [-0.3, -0.25) is 9.59 Å². The lowest BCUT2D eigenvalue weighted by Crippen LogP contribution is -2.45. The van der Waals surface area contributed by atoms with Crippen molar-refractivity contribution >= 4 is 33.2 Å². The van der Waals surface area contributed by atoms with E-state index in [4.69, 9.17) is 0 Å². The highest BCUT2D eigenvalue weighted by Gasteiger charge is 2.56. The molecular weight excluding hydrogens is 348 g/mol. The van der Waals surface area contributed by atoms with E-state index in [9.17, 15) is 9.59 Å². The first-order valence-corrected chi connectivity index (χ1v) is 12.4. The summed E-state index contributed by atoms with van der Waals surface area (Å²) in [5, 5.41) is 0. The number of carbonyl (C=O) groups is 2. The number of hydrogen-bond donors (Lipinski definition) is 0. The van der Waals surface area contributed by atoms with Crippen LogP contribution in [-0.4, -0.2) is 23.6 Å². The van der Waals surface area contributed by atoms with Crippen LogP contribution in [0.1, 0.15) is 58.3 Å². The molecule has 0 saturated heterocycles. The Bertz CT molecular complexity index is 665. The summed E-state index contributed by atoms with van der Waals surface area (Å²) in [7, 11) is 3.77. The van der Waals surface area contributed by atoms with E-state index in [-0.39, 0.29) is 10.8 Å². The lowest BCUT2D eigenvalue weighted by molar-refractivity contribution is -0.127.